The molecule has 2 aliphatic heterocycles. The zero-order valence-corrected chi connectivity index (χ0v) is 22.7. The number of nitrogens with zero attached hydrogens (tertiary/aromatic N) is 4. The van der Waals surface area contributed by atoms with Crippen LogP contribution in [0, 0.1) is 0 Å². The molecule has 0 aliphatic carbocycles. The molecule has 202 valence electrons. The van der Waals surface area contributed by atoms with E-state index in [0.717, 1.165) is 38.8 Å². The summed E-state index contributed by atoms with van der Waals surface area (Å²) in [6.07, 6.45) is 17.2. The van der Waals surface area contributed by atoms with Crippen LogP contribution in [0.15, 0.2) is 95.4 Å². The van der Waals surface area contributed by atoms with Crippen molar-refractivity contribution in [1.29, 1.82) is 0 Å². The van der Waals surface area contributed by atoms with Gasteiger partial charge in [-0.25, -0.2) is 19.0 Å². The number of aliphatic imine (C=N–C) groups is 2. The highest BCUT2D eigenvalue weighted by Crippen LogP contribution is 2.26. The molecule has 0 bridgehead atoms. The summed E-state index contributed by atoms with van der Waals surface area (Å²) in [5.41, 5.74) is 2.54. The summed E-state index contributed by atoms with van der Waals surface area (Å²) in [6.45, 7) is 3.33. The average Bonchev–Trinajstić information content (AvgIpc) is 3.50. The lowest BCUT2D eigenvalue weighted by Crippen LogP contribution is -2.47. The fraction of sp³-hybridized carbons (Fsp3) is 0.438. The number of unbranched alkanes of at least 4 members (excludes halogenated alkanes) is 5. The van der Waals surface area contributed by atoms with Crippen LogP contribution in [0.4, 0.5) is 0 Å². The molecule has 2 atom stereocenters. The van der Waals surface area contributed by atoms with Gasteiger partial charge in [0.15, 0.2) is 0 Å². The van der Waals surface area contributed by atoms with Crippen LogP contribution in [0.25, 0.3) is 0 Å². The first-order valence-electron chi connectivity index (χ1n) is 14.2. The summed E-state index contributed by atoms with van der Waals surface area (Å²) in [7, 11) is 0. The first kappa shape index (κ1) is 28.1. The number of quaternary nitrogens is 2. The Morgan fingerprint density at radius 1 is 0.526 bits per heavy atom. The maximum atomic E-state index is 9.76. The van der Waals surface area contributed by atoms with E-state index in [1.807, 2.05) is 24.5 Å². The minimum Gasteiger partial charge on any atom is -0.390 e. The second-order valence-corrected chi connectivity index (χ2v) is 10.6. The molecule has 6 heteroatoms. The number of benzene rings is 2. The molecule has 2 aliphatic rings. The van der Waals surface area contributed by atoms with Gasteiger partial charge >= 0.3 is 0 Å². The van der Waals surface area contributed by atoms with Gasteiger partial charge in [0.25, 0.3) is 0 Å². The Balaban J connectivity index is 1.17. The number of hydrogen-bond acceptors (Lipinski definition) is 4. The molecule has 0 fully saturated rings. The Hall–Kier alpha value is -2.90. The van der Waals surface area contributed by atoms with Crippen LogP contribution >= 0.6 is 0 Å². The van der Waals surface area contributed by atoms with Crippen molar-refractivity contribution in [2.24, 2.45) is 9.98 Å². The van der Waals surface area contributed by atoms with E-state index in [1.54, 1.807) is 0 Å². The molecule has 0 spiro atoms. The molecule has 38 heavy (non-hydrogen) atoms. The number of aliphatic hydroxyl groups is 2. The van der Waals surface area contributed by atoms with Crippen molar-refractivity contribution in [3.63, 3.8) is 0 Å². The van der Waals surface area contributed by atoms with Gasteiger partial charge in [0, 0.05) is 24.0 Å². The summed E-state index contributed by atoms with van der Waals surface area (Å²) in [6, 6.07) is 21.0. The maximum Gasteiger partial charge on any atom is 0.207 e. The van der Waals surface area contributed by atoms with Crippen molar-refractivity contribution in [3.05, 3.63) is 96.6 Å². The summed E-state index contributed by atoms with van der Waals surface area (Å²) < 4.78 is 1.29. The molecule has 2 aromatic carbocycles. The van der Waals surface area contributed by atoms with E-state index in [4.69, 9.17) is 9.98 Å². The summed E-state index contributed by atoms with van der Waals surface area (Å²) in [5.74, 6) is 2.34. The quantitative estimate of drug-likeness (QED) is 0.203. The average molecular weight is 517 g/mol. The van der Waals surface area contributed by atoms with E-state index in [0.29, 0.717) is 22.1 Å². The lowest BCUT2D eigenvalue weighted by Gasteiger charge is -2.32. The fourth-order valence-corrected chi connectivity index (χ4v) is 5.77. The monoisotopic (exact) mass is 516 g/mol. The van der Waals surface area contributed by atoms with Crippen LogP contribution in [-0.2, 0) is 13.1 Å². The Labute approximate surface area is 228 Å². The molecule has 0 radical (unpaired) electrons. The minimum atomic E-state index is 0.153. The van der Waals surface area contributed by atoms with Gasteiger partial charge in [0.2, 0.25) is 11.7 Å². The number of amidine groups is 2. The fourth-order valence-electron chi connectivity index (χ4n) is 5.77. The predicted molar refractivity (Wildman–Crippen MR) is 155 cm³/mol. The lowest BCUT2D eigenvalue weighted by molar-refractivity contribution is -0.802. The first-order chi connectivity index (χ1) is 18.7. The molecule has 0 saturated carbocycles. The van der Waals surface area contributed by atoms with Crippen molar-refractivity contribution in [2.75, 3.05) is 26.3 Å². The van der Waals surface area contributed by atoms with E-state index in [9.17, 15) is 10.2 Å². The molecule has 2 aromatic rings. The van der Waals surface area contributed by atoms with Crippen molar-refractivity contribution >= 4 is 11.7 Å². The standard InChI is InChI=1S/C32H44N4O2/c37-25-23-35(27-29-13-7-5-8-14-29)21-19-33-31(35)17-11-3-1-2-4-12-18-32-34-20-22-36(32,24-26-38)28-30-15-9-6-10-16-30/h5-10,13-16,19-22,37-38H,1-4,11-12,17-18,23-28H2/q+2. The smallest absolute Gasteiger partial charge is 0.207 e. The molecule has 0 amide bonds. The van der Waals surface area contributed by atoms with Crippen molar-refractivity contribution in [1.82, 2.24) is 0 Å². The topological polar surface area (TPSA) is 65.2 Å². The van der Waals surface area contributed by atoms with E-state index < -0.39 is 0 Å². The van der Waals surface area contributed by atoms with Crippen LogP contribution in [0.5, 0.6) is 0 Å². The van der Waals surface area contributed by atoms with Gasteiger partial charge < -0.3 is 10.2 Å². The van der Waals surface area contributed by atoms with E-state index in [-0.39, 0.29) is 13.2 Å². The van der Waals surface area contributed by atoms with Crippen LogP contribution in [0.1, 0.15) is 62.5 Å². The number of aliphatic hydroxyl groups excluding tert-OH is 2. The molecule has 0 saturated heterocycles. The summed E-state index contributed by atoms with van der Waals surface area (Å²) in [5, 5.41) is 19.5. The summed E-state index contributed by atoms with van der Waals surface area (Å²) >= 11 is 0. The predicted octanol–water partition coefficient (Wildman–Crippen LogP) is 5.89. The SMILES string of the molecule is OCC[N+]1(Cc2ccccc2)C=CN=C1CCCCCCCCC1=NC=C[N+]1(CCO)Cc1ccccc1. The normalized spacial score (nSPS) is 22.2. The molecule has 2 N–H and O–H groups in total. The molecular weight excluding hydrogens is 472 g/mol. The Kier molecular flexibility index (Phi) is 10.6. The first-order valence-corrected chi connectivity index (χ1v) is 14.2. The van der Waals surface area contributed by atoms with Crippen molar-refractivity contribution < 1.29 is 19.2 Å². The van der Waals surface area contributed by atoms with E-state index in [1.165, 1.54) is 48.5 Å². The number of hydrogen-bond donors (Lipinski definition) is 2. The zero-order chi connectivity index (χ0) is 26.5. The molecule has 6 nitrogen and oxygen atoms in total. The third-order valence-electron chi connectivity index (χ3n) is 7.84. The van der Waals surface area contributed by atoms with Gasteiger partial charge in [0.05, 0.1) is 25.6 Å². The Morgan fingerprint density at radius 3 is 1.32 bits per heavy atom. The van der Waals surface area contributed by atoms with Gasteiger partial charge in [-0.2, -0.15) is 0 Å². The van der Waals surface area contributed by atoms with Crippen LogP contribution in [-0.4, -0.2) is 57.2 Å². The van der Waals surface area contributed by atoms with Gasteiger partial charge in [-0.05, 0) is 12.8 Å². The van der Waals surface area contributed by atoms with Crippen molar-refractivity contribution in [2.45, 2.75) is 64.5 Å². The second-order valence-electron chi connectivity index (χ2n) is 10.6. The lowest BCUT2D eigenvalue weighted by atomic mass is 10.1. The highest BCUT2D eigenvalue weighted by atomic mass is 16.3. The van der Waals surface area contributed by atoms with Gasteiger partial charge in [0.1, 0.15) is 38.6 Å². The Morgan fingerprint density at radius 2 is 0.921 bits per heavy atom. The second kappa shape index (κ2) is 14.3. The summed E-state index contributed by atoms with van der Waals surface area (Å²) in [4.78, 5) is 9.43. The maximum absolute atomic E-state index is 9.76. The molecule has 4 rings (SSSR count). The molecule has 0 aromatic heterocycles. The third-order valence-corrected chi connectivity index (χ3v) is 7.84. The van der Waals surface area contributed by atoms with Crippen LogP contribution < -0.4 is 0 Å². The Bertz CT molecular complexity index is 1020. The highest BCUT2D eigenvalue weighted by molar-refractivity contribution is 5.78. The molecule has 2 unspecified atom stereocenters. The van der Waals surface area contributed by atoms with Crippen LogP contribution in [0.3, 0.4) is 0 Å². The zero-order valence-electron chi connectivity index (χ0n) is 22.7. The number of rotatable bonds is 17. The van der Waals surface area contributed by atoms with E-state index >= 15 is 0 Å². The van der Waals surface area contributed by atoms with Crippen molar-refractivity contribution in [3.8, 4) is 0 Å². The highest BCUT2D eigenvalue weighted by Gasteiger charge is 2.35. The molecular formula is C32H44N4O2+2. The van der Waals surface area contributed by atoms with Gasteiger partial charge in [-0.15, -0.1) is 0 Å². The van der Waals surface area contributed by atoms with E-state index in [2.05, 4.69) is 60.9 Å². The van der Waals surface area contributed by atoms with Gasteiger partial charge in [-0.3, -0.25) is 0 Å². The molecule has 2 heterocycles. The van der Waals surface area contributed by atoms with Crippen LogP contribution in [0.2, 0.25) is 0 Å². The minimum absolute atomic E-state index is 0.153. The van der Waals surface area contributed by atoms with Gasteiger partial charge in [-0.1, -0.05) is 86.3 Å². The third kappa shape index (κ3) is 7.35. The largest absolute Gasteiger partial charge is 0.390 e.